The highest BCUT2D eigenvalue weighted by atomic mass is 16.5. The predicted molar refractivity (Wildman–Crippen MR) is 91.5 cm³/mol. The van der Waals surface area contributed by atoms with Crippen LogP contribution in [0.3, 0.4) is 0 Å². The molecule has 128 valence electrons. The third-order valence-corrected chi connectivity index (χ3v) is 4.48. The number of carbonyl (C=O) groups is 1. The minimum absolute atomic E-state index is 0.165. The molecule has 6 nitrogen and oxygen atoms in total. The van der Waals surface area contributed by atoms with Gasteiger partial charge < -0.3 is 15.2 Å². The summed E-state index contributed by atoms with van der Waals surface area (Å²) in [5, 5.41) is 4.06. The van der Waals surface area contributed by atoms with Crippen molar-refractivity contribution in [2.45, 2.75) is 52.1 Å². The average molecular weight is 328 g/mol. The van der Waals surface area contributed by atoms with E-state index in [9.17, 15) is 4.79 Å². The monoisotopic (exact) mass is 328 g/mol. The molecule has 0 unspecified atom stereocenters. The Labute approximate surface area is 142 Å². The van der Waals surface area contributed by atoms with Crippen LogP contribution in [0.5, 0.6) is 0 Å². The second kappa shape index (κ2) is 6.63. The van der Waals surface area contributed by atoms with Gasteiger partial charge in [0, 0.05) is 18.2 Å². The molecule has 1 amide bonds. The first kappa shape index (κ1) is 16.5. The van der Waals surface area contributed by atoms with E-state index >= 15 is 0 Å². The molecule has 6 heteroatoms. The average Bonchev–Trinajstić information content (AvgIpc) is 2.96. The molecule has 0 saturated carbocycles. The van der Waals surface area contributed by atoms with Crippen molar-refractivity contribution in [2.24, 2.45) is 11.7 Å². The molecule has 24 heavy (non-hydrogen) atoms. The molecule has 0 radical (unpaired) electrons. The van der Waals surface area contributed by atoms with Gasteiger partial charge in [0.25, 0.3) is 0 Å². The summed E-state index contributed by atoms with van der Waals surface area (Å²) in [6, 6.07) is 8.07. The highest BCUT2D eigenvalue weighted by Gasteiger charge is 2.33. The highest BCUT2D eigenvalue weighted by Crippen LogP contribution is 2.38. The number of para-hydroxylation sites is 1. The third-order valence-electron chi connectivity index (χ3n) is 4.48. The number of hydrogen-bond donors (Lipinski definition) is 1. The summed E-state index contributed by atoms with van der Waals surface area (Å²) in [6.07, 6.45) is 1.50. The van der Waals surface area contributed by atoms with E-state index in [1.165, 1.54) is 0 Å². The van der Waals surface area contributed by atoms with Crippen LogP contribution < -0.4 is 10.6 Å². The summed E-state index contributed by atoms with van der Waals surface area (Å²) in [4.78, 5) is 18.5. The minimum Gasteiger partial charge on any atom is -0.369 e. The summed E-state index contributed by atoms with van der Waals surface area (Å²) in [6.45, 7) is 6.89. The number of aromatic nitrogens is 2. The van der Waals surface area contributed by atoms with Gasteiger partial charge in [-0.15, -0.1) is 0 Å². The Morgan fingerprint density at radius 2 is 2.17 bits per heavy atom. The number of hydrogen-bond acceptors (Lipinski definition) is 5. The maximum atomic E-state index is 11.8. The Kier molecular flexibility index (Phi) is 4.55. The first-order valence-electron chi connectivity index (χ1n) is 8.42. The summed E-state index contributed by atoms with van der Waals surface area (Å²) in [7, 11) is 0. The van der Waals surface area contributed by atoms with E-state index in [1.54, 1.807) is 0 Å². The van der Waals surface area contributed by atoms with Crippen molar-refractivity contribution in [2.75, 3.05) is 4.90 Å². The Morgan fingerprint density at radius 3 is 2.88 bits per heavy atom. The second-order valence-electron chi connectivity index (χ2n) is 6.93. The number of fused-ring (bicyclic) bond motifs is 1. The van der Waals surface area contributed by atoms with Crippen LogP contribution >= 0.6 is 0 Å². The lowest BCUT2D eigenvalue weighted by atomic mass is 9.85. The molecule has 1 aliphatic heterocycles. The van der Waals surface area contributed by atoms with Crippen LogP contribution in [0.2, 0.25) is 0 Å². The molecular formula is C18H24N4O2. The quantitative estimate of drug-likeness (QED) is 0.912. The van der Waals surface area contributed by atoms with Crippen molar-refractivity contribution < 1.29 is 9.32 Å². The largest absolute Gasteiger partial charge is 0.369 e. The van der Waals surface area contributed by atoms with Gasteiger partial charge in [-0.3, -0.25) is 4.79 Å². The van der Waals surface area contributed by atoms with E-state index in [1.807, 2.05) is 24.3 Å². The topological polar surface area (TPSA) is 85.3 Å². The van der Waals surface area contributed by atoms with E-state index in [2.05, 4.69) is 35.8 Å². The molecular weight excluding hydrogens is 304 g/mol. The lowest BCUT2D eigenvalue weighted by Crippen LogP contribution is -2.41. The van der Waals surface area contributed by atoms with Gasteiger partial charge in [0.1, 0.15) is 0 Å². The Balaban J connectivity index is 1.86. The standard InChI is InChI=1S/C18H24N4O2/c1-11(2)8-16-20-17(24-21-16)10-22-12(3)9-14(18(19)23)13-6-4-5-7-15(13)22/h4-7,11-12,14H,8-10H2,1-3H3,(H2,19,23)/t12-,14-/m0/s1. The summed E-state index contributed by atoms with van der Waals surface area (Å²) >= 11 is 0. The van der Waals surface area contributed by atoms with Crippen LogP contribution in [0, 0.1) is 5.92 Å². The molecule has 0 aliphatic carbocycles. The highest BCUT2D eigenvalue weighted by molar-refractivity contribution is 5.85. The SMILES string of the molecule is CC(C)Cc1noc(CN2c3ccccc3[C@@H](C(N)=O)C[C@@H]2C)n1. The molecule has 0 saturated heterocycles. The number of nitrogens with two attached hydrogens (primary N) is 1. The maximum Gasteiger partial charge on any atom is 0.246 e. The summed E-state index contributed by atoms with van der Waals surface area (Å²) < 4.78 is 5.41. The van der Waals surface area contributed by atoms with Crippen molar-refractivity contribution in [3.63, 3.8) is 0 Å². The zero-order chi connectivity index (χ0) is 17.3. The molecule has 2 N–H and O–H groups in total. The van der Waals surface area contributed by atoms with Crippen LogP contribution in [0.1, 0.15) is 50.4 Å². The van der Waals surface area contributed by atoms with Gasteiger partial charge in [-0.2, -0.15) is 4.98 Å². The molecule has 2 atom stereocenters. The van der Waals surface area contributed by atoms with E-state index < -0.39 is 0 Å². The number of primary amides is 1. The Hall–Kier alpha value is -2.37. The first-order chi connectivity index (χ1) is 11.5. The zero-order valence-corrected chi connectivity index (χ0v) is 14.4. The minimum atomic E-state index is -0.272. The molecule has 0 spiro atoms. The predicted octanol–water partition coefficient (Wildman–Crippen LogP) is 2.64. The van der Waals surface area contributed by atoms with Crippen molar-refractivity contribution in [1.29, 1.82) is 0 Å². The number of benzene rings is 1. The van der Waals surface area contributed by atoms with Crippen LogP contribution in [-0.2, 0) is 17.8 Å². The molecule has 2 heterocycles. The fourth-order valence-corrected chi connectivity index (χ4v) is 3.34. The zero-order valence-electron chi connectivity index (χ0n) is 14.4. The van der Waals surface area contributed by atoms with Crippen LogP contribution in [0.25, 0.3) is 0 Å². The fourth-order valence-electron chi connectivity index (χ4n) is 3.34. The lowest BCUT2D eigenvalue weighted by molar-refractivity contribution is -0.119. The van der Waals surface area contributed by atoms with Gasteiger partial charge in [0.2, 0.25) is 11.8 Å². The van der Waals surface area contributed by atoms with Gasteiger partial charge in [0.15, 0.2) is 5.82 Å². The molecule has 0 bridgehead atoms. The smallest absolute Gasteiger partial charge is 0.246 e. The van der Waals surface area contributed by atoms with E-state index in [4.69, 9.17) is 10.3 Å². The maximum absolute atomic E-state index is 11.8. The van der Waals surface area contributed by atoms with Crippen LogP contribution in [0.4, 0.5) is 5.69 Å². The van der Waals surface area contributed by atoms with E-state index in [0.29, 0.717) is 24.8 Å². The molecule has 2 aromatic rings. The Morgan fingerprint density at radius 1 is 1.42 bits per heavy atom. The van der Waals surface area contributed by atoms with Crippen molar-refractivity contribution in [3.05, 3.63) is 41.5 Å². The number of nitrogens with zero attached hydrogens (tertiary/aromatic N) is 3. The number of anilines is 1. The van der Waals surface area contributed by atoms with Gasteiger partial charge in [0.05, 0.1) is 12.5 Å². The lowest BCUT2D eigenvalue weighted by Gasteiger charge is -2.39. The van der Waals surface area contributed by atoms with E-state index in [-0.39, 0.29) is 17.9 Å². The van der Waals surface area contributed by atoms with Gasteiger partial charge >= 0.3 is 0 Å². The normalized spacial score (nSPS) is 20.2. The number of amides is 1. The van der Waals surface area contributed by atoms with Crippen molar-refractivity contribution >= 4 is 11.6 Å². The number of rotatable bonds is 5. The fraction of sp³-hybridized carbons (Fsp3) is 0.500. The summed E-state index contributed by atoms with van der Waals surface area (Å²) in [5.41, 5.74) is 7.59. The second-order valence-corrected chi connectivity index (χ2v) is 6.93. The van der Waals surface area contributed by atoms with Crippen molar-refractivity contribution in [1.82, 2.24) is 10.1 Å². The Bertz CT molecular complexity index is 725. The molecule has 0 fully saturated rings. The first-order valence-corrected chi connectivity index (χ1v) is 8.42. The van der Waals surface area contributed by atoms with Crippen LogP contribution in [0.15, 0.2) is 28.8 Å². The molecule has 1 aromatic carbocycles. The van der Waals surface area contributed by atoms with Gasteiger partial charge in [-0.25, -0.2) is 0 Å². The third kappa shape index (κ3) is 3.27. The summed E-state index contributed by atoms with van der Waals surface area (Å²) in [5.74, 6) is 1.32. The van der Waals surface area contributed by atoms with Crippen LogP contribution in [-0.4, -0.2) is 22.1 Å². The molecule has 3 rings (SSSR count). The van der Waals surface area contributed by atoms with Gasteiger partial charge in [-0.05, 0) is 30.9 Å². The number of carbonyl (C=O) groups excluding carboxylic acids is 1. The van der Waals surface area contributed by atoms with Gasteiger partial charge in [-0.1, -0.05) is 37.2 Å². The van der Waals surface area contributed by atoms with E-state index in [0.717, 1.165) is 23.5 Å². The molecule has 1 aliphatic rings. The molecule has 1 aromatic heterocycles. The van der Waals surface area contributed by atoms with Crippen molar-refractivity contribution in [3.8, 4) is 0 Å².